The van der Waals surface area contributed by atoms with Crippen LogP contribution in [0.15, 0.2) is 24.3 Å². The number of likely N-dealkylation sites (N-methyl/N-ethyl adjacent to an activating group) is 1. The van der Waals surface area contributed by atoms with Crippen LogP contribution in [0.1, 0.15) is 43.4 Å². The molecule has 0 bridgehead atoms. The first kappa shape index (κ1) is 16.0. The third-order valence-electron chi connectivity index (χ3n) is 3.96. The molecule has 1 N–H and O–H groups in total. The van der Waals surface area contributed by atoms with E-state index >= 15 is 0 Å². The fourth-order valence-electron chi connectivity index (χ4n) is 2.83. The molecule has 0 heterocycles. The lowest BCUT2D eigenvalue weighted by atomic mass is 9.89. The number of fused-ring (bicyclic) bond motifs is 1. The summed E-state index contributed by atoms with van der Waals surface area (Å²) in [4.78, 5) is 11.7. The standard InChI is InChI=1S/C17H25NO3/c1-3-20-17(19)15(18-2)11-12-21-16-10-6-8-13-7-4-5-9-14(13)16/h4-5,7,9,15-16,18H,3,6,8,10-12H2,1-2H3. The number of rotatable bonds is 7. The number of carbonyl (C=O) groups excluding carboxylic acids is 1. The number of ether oxygens (including phenoxy) is 2. The second-order valence-corrected chi connectivity index (χ2v) is 5.33. The molecule has 116 valence electrons. The maximum Gasteiger partial charge on any atom is 0.323 e. The van der Waals surface area contributed by atoms with Crippen molar-refractivity contribution >= 4 is 5.97 Å². The number of aryl methyl sites for hydroxylation is 1. The van der Waals surface area contributed by atoms with E-state index in [4.69, 9.17) is 9.47 Å². The van der Waals surface area contributed by atoms with Crippen LogP contribution in [0.25, 0.3) is 0 Å². The van der Waals surface area contributed by atoms with E-state index in [0.717, 1.165) is 19.3 Å². The van der Waals surface area contributed by atoms with Crippen molar-refractivity contribution in [2.75, 3.05) is 20.3 Å². The summed E-state index contributed by atoms with van der Waals surface area (Å²) in [6.07, 6.45) is 4.15. The number of hydrogen-bond donors (Lipinski definition) is 1. The fraction of sp³-hybridized carbons (Fsp3) is 0.588. The van der Waals surface area contributed by atoms with Crippen molar-refractivity contribution in [3.05, 3.63) is 35.4 Å². The lowest BCUT2D eigenvalue weighted by molar-refractivity contribution is -0.146. The van der Waals surface area contributed by atoms with E-state index < -0.39 is 0 Å². The van der Waals surface area contributed by atoms with E-state index in [0.29, 0.717) is 19.6 Å². The Bertz CT molecular complexity index is 461. The molecule has 0 saturated carbocycles. The van der Waals surface area contributed by atoms with E-state index in [1.807, 2.05) is 6.92 Å². The summed E-state index contributed by atoms with van der Waals surface area (Å²) >= 11 is 0. The van der Waals surface area contributed by atoms with Crippen LogP contribution >= 0.6 is 0 Å². The predicted molar refractivity (Wildman–Crippen MR) is 82.2 cm³/mol. The van der Waals surface area contributed by atoms with Gasteiger partial charge in [-0.15, -0.1) is 0 Å². The van der Waals surface area contributed by atoms with Crippen LogP contribution in [0.4, 0.5) is 0 Å². The average molecular weight is 291 g/mol. The maximum atomic E-state index is 11.7. The number of nitrogens with one attached hydrogen (secondary N) is 1. The molecule has 0 saturated heterocycles. The average Bonchev–Trinajstić information content (AvgIpc) is 2.52. The van der Waals surface area contributed by atoms with Crippen LogP contribution in [-0.2, 0) is 20.7 Å². The maximum absolute atomic E-state index is 11.7. The van der Waals surface area contributed by atoms with Gasteiger partial charge < -0.3 is 14.8 Å². The molecule has 21 heavy (non-hydrogen) atoms. The third-order valence-corrected chi connectivity index (χ3v) is 3.96. The molecule has 0 aliphatic heterocycles. The summed E-state index contributed by atoms with van der Waals surface area (Å²) in [5.41, 5.74) is 2.70. The van der Waals surface area contributed by atoms with Crippen molar-refractivity contribution < 1.29 is 14.3 Å². The molecule has 2 atom stereocenters. The van der Waals surface area contributed by atoms with Gasteiger partial charge in [-0.25, -0.2) is 0 Å². The molecule has 1 aromatic carbocycles. The van der Waals surface area contributed by atoms with Gasteiger partial charge in [0.05, 0.1) is 12.7 Å². The van der Waals surface area contributed by atoms with Gasteiger partial charge in [0.1, 0.15) is 6.04 Å². The highest BCUT2D eigenvalue weighted by molar-refractivity contribution is 5.75. The SMILES string of the molecule is CCOC(=O)C(CCOC1CCCc2ccccc21)NC. The molecule has 2 unspecified atom stereocenters. The van der Waals surface area contributed by atoms with Crippen LogP contribution in [0.5, 0.6) is 0 Å². The zero-order valence-corrected chi connectivity index (χ0v) is 12.9. The number of carbonyl (C=O) groups is 1. The summed E-state index contributed by atoms with van der Waals surface area (Å²) in [6, 6.07) is 8.19. The molecule has 1 aliphatic carbocycles. The molecular formula is C17H25NO3. The Morgan fingerprint density at radius 2 is 2.24 bits per heavy atom. The minimum atomic E-state index is -0.288. The molecular weight excluding hydrogens is 266 g/mol. The fourth-order valence-corrected chi connectivity index (χ4v) is 2.83. The molecule has 4 heteroatoms. The van der Waals surface area contributed by atoms with Gasteiger partial charge in [0, 0.05) is 6.61 Å². The zero-order chi connectivity index (χ0) is 15.1. The van der Waals surface area contributed by atoms with E-state index in [9.17, 15) is 4.79 Å². The van der Waals surface area contributed by atoms with Gasteiger partial charge in [-0.1, -0.05) is 24.3 Å². The molecule has 0 spiro atoms. The summed E-state index contributed by atoms with van der Waals surface area (Å²) in [5, 5.41) is 2.99. The van der Waals surface area contributed by atoms with Crippen LogP contribution in [0.2, 0.25) is 0 Å². The monoisotopic (exact) mass is 291 g/mol. The predicted octanol–water partition coefficient (Wildman–Crippen LogP) is 2.62. The normalized spacial score (nSPS) is 18.9. The van der Waals surface area contributed by atoms with Gasteiger partial charge in [0.25, 0.3) is 0 Å². The quantitative estimate of drug-likeness (QED) is 0.785. The summed E-state index contributed by atoms with van der Waals surface area (Å²) < 4.78 is 11.1. The van der Waals surface area contributed by atoms with Crippen LogP contribution in [0, 0.1) is 0 Å². The Morgan fingerprint density at radius 3 is 3.00 bits per heavy atom. The second-order valence-electron chi connectivity index (χ2n) is 5.33. The summed E-state index contributed by atoms with van der Waals surface area (Å²) in [5.74, 6) is -0.201. The molecule has 4 nitrogen and oxygen atoms in total. The van der Waals surface area contributed by atoms with Crippen molar-refractivity contribution in [2.45, 2.75) is 44.8 Å². The molecule has 1 aliphatic rings. The Balaban J connectivity index is 1.85. The number of hydrogen-bond acceptors (Lipinski definition) is 4. The van der Waals surface area contributed by atoms with Gasteiger partial charge in [-0.3, -0.25) is 4.79 Å². The lowest BCUT2D eigenvalue weighted by Crippen LogP contribution is -2.36. The van der Waals surface area contributed by atoms with Crippen LogP contribution in [0.3, 0.4) is 0 Å². The molecule has 0 amide bonds. The Hall–Kier alpha value is -1.39. The van der Waals surface area contributed by atoms with Crippen LogP contribution < -0.4 is 5.32 Å². The Morgan fingerprint density at radius 1 is 1.43 bits per heavy atom. The van der Waals surface area contributed by atoms with Gasteiger partial charge in [0.15, 0.2) is 0 Å². The summed E-state index contributed by atoms with van der Waals surface area (Å²) in [7, 11) is 1.78. The number of esters is 1. The van der Waals surface area contributed by atoms with E-state index in [-0.39, 0.29) is 18.1 Å². The van der Waals surface area contributed by atoms with E-state index in [1.54, 1.807) is 7.05 Å². The Labute approximate surface area is 126 Å². The molecule has 2 rings (SSSR count). The van der Waals surface area contributed by atoms with Crippen molar-refractivity contribution in [1.82, 2.24) is 5.32 Å². The van der Waals surface area contributed by atoms with Crippen molar-refractivity contribution in [3.63, 3.8) is 0 Å². The van der Waals surface area contributed by atoms with E-state index in [2.05, 4.69) is 29.6 Å². The van der Waals surface area contributed by atoms with Crippen molar-refractivity contribution in [2.24, 2.45) is 0 Å². The van der Waals surface area contributed by atoms with Crippen molar-refractivity contribution in [3.8, 4) is 0 Å². The minimum absolute atomic E-state index is 0.162. The van der Waals surface area contributed by atoms with Gasteiger partial charge in [-0.2, -0.15) is 0 Å². The summed E-state index contributed by atoms with van der Waals surface area (Å²) in [6.45, 7) is 2.79. The Kier molecular flexibility index (Phi) is 6.21. The molecule has 1 aromatic rings. The number of benzene rings is 1. The van der Waals surface area contributed by atoms with Crippen molar-refractivity contribution in [1.29, 1.82) is 0 Å². The first-order valence-electron chi connectivity index (χ1n) is 7.79. The lowest BCUT2D eigenvalue weighted by Gasteiger charge is -2.26. The molecule has 0 fully saturated rings. The molecule has 0 aromatic heterocycles. The molecule has 0 radical (unpaired) electrons. The topological polar surface area (TPSA) is 47.6 Å². The van der Waals surface area contributed by atoms with Gasteiger partial charge in [0.2, 0.25) is 0 Å². The first-order valence-corrected chi connectivity index (χ1v) is 7.79. The highest BCUT2D eigenvalue weighted by Gasteiger charge is 2.22. The largest absolute Gasteiger partial charge is 0.465 e. The van der Waals surface area contributed by atoms with E-state index in [1.165, 1.54) is 11.1 Å². The van der Waals surface area contributed by atoms with Crippen LogP contribution in [-0.4, -0.2) is 32.3 Å². The smallest absolute Gasteiger partial charge is 0.323 e. The first-order chi connectivity index (χ1) is 10.3. The highest BCUT2D eigenvalue weighted by Crippen LogP contribution is 2.32. The second kappa shape index (κ2) is 8.15. The zero-order valence-electron chi connectivity index (χ0n) is 12.9. The third kappa shape index (κ3) is 4.29. The van der Waals surface area contributed by atoms with Gasteiger partial charge in [-0.05, 0) is 50.8 Å². The highest BCUT2D eigenvalue weighted by atomic mass is 16.5. The minimum Gasteiger partial charge on any atom is -0.465 e. The van der Waals surface area contributed by atoms with Gasteiger partial charge >= 0.3 is 5.97 Å².